The average molecular weight is 414 g/mol. The number of carbonyl (C=O) groups excluding carboxylic acids is 1. The van der Waals surface area contributed by atoms with E-state index in [4.69, 9.17) is 4.52 Å². The maximum atomic E-state index is 13.0. The van der Waals surface area contributed by atoms with Crippen LogP contribution in [0.15, 0.2) is 63.6 Å². The Balaban J connectivity index is 1.85. The standard InChI is InChI=1S/C20H20BrN3O2/c1-20(2,3)24(19(25)15-9-11-16(21)12-10-15)13-17-22-18(23-26-17)14-7-5-4-6-8-14/h4-12H,13H2,1-3H3. The molecule has 0 aliphatic rings. The Morgan fingerprint density at radius 1 is 1.08 bits per heavy atom. The van der Waals surface area contributed by atoms with Gasteiger partial charge in [-0.15, -0.1) is 0 Å². The molecule has 0 spiro atoms. The van der Waals surface area contributed by atoms with Gasteiger partial charge in [-0.05, 0) is 45.0 Å². The number of rotatable bonds is 4. The lowest BCUT2D eigenvalue weighted by Crippen LogP contribution is -2.45. The minimum atomic E-state index is -0.397. The topological polar surface area (TPSA) is 59.2 Å². The van der Waals surface area contributed by atoms with Gasteiger partial charge in [-0.1, -0.05) is 51.4 Å². The van der Waals surface area contributed by atoms with E-state index in [1.165, 1.54) is 0 Å². The van der Waals surface area contributed by atoms with Crippen molar-refractivity contribution in [1.82, 2.24) is 15.0 Å². The van der Waals surface area contributed by atoms with Gasteiger partial charge in [0.25, 0.3) is 5.91 Å². The number of carbonyl (C=O) groups is 1. The highest BCUT2D eigenvalue weighted by atomic mass is 79.9. The Hall–Kier alpha value is -2.47. The average Bonchev–Trinajstić information content (AvgIpc) is 3.08. The minimum absolute atomic E-state index is 0.0792. The Bertz CT molecular complexity index is 883. The monoisotopic (exact) mass is 413 g/mol. The summed E-state index contributed by atoms with van der Waals surface area (Å²) in [4.78, 5) is 19.2. The quantitative estimate of drug-likeness (QED) is 0.607. The fourth-order valence-corrected chi connectivity index (χ4v) is 2.79. The van der Waals surface area contributed by atoms with Crippen LogP contribution >= 0.6 is 15.9 Å². The maximum Gasteiger partial charge on any atom is 0.254 e. The summed E-state index contributed by atoms with van der Waals surface area (Å²) in [6, 6.07) is 16.9. The molecule has 1 aromatic heterocycles. The van der Waals surface area contributed by atoms with Crippen LogP contribution in [-0.4, -0.2) is 26.5 Å². The first-order valence-corrected chi connectivity index (χ1v) is 9.09. The summed E-state index contributed by atoms with van der Waals surface area (Å²) in [5.41, 5.74) is 1.10. The smallest absolute Gasteiger partial charge is 0.254 e. The summed E-state index contributed by atoms with van der Waals surface area (Å²) in [7, 11) is 0. The van der Waals surface area contributed by atoms with Gasteiger partial charge < -0.3 is 9.42 Å². The minimum Gasteiger partial charge on any atom is -0.337 e. The lowest BCUT2D eigenvalue weighted by molar-refractivity contribution is 0.0526. The molecule has 0 N–H and O–H groups in total. The second-order valence-corrected chi connectivity index (χ2v) is 7.86. The Labute approximate surface area is 161 Å². The van der Waals surface area contributed by atoms with Crippen LogP contribution in [0, 0.1) is 0 Å². The van der Waals surface area contributed by atoms with E-state index in [0.717, 1.165) is 10.0 Å². The molecule has 0 atom stereocenters. The first kappa shape index (κ1) is 18.3. The third-order valence-corrected chi connectivity index (χ3v) is 4.47. The lowest BCUT2D eigenvalue weighted by Gasteiger charge is -2.34. The molecule has 134 valence electrons. The van der Waals surface area contributed by atoms with Crippen LogP contribution in [0.4, 0.5) is 0 Å². The van der Waals surface area contributed by atoms with Crippen molar-refractivity contribution in [3.8, 4) is 11.4 Å². The van der Waals surface area contributed by atoms with E-state index in [1.54, 1.807) is 17.0 Å². The predicted molar refractivity (Wildman–Crippen MR) is 104 cm³/mol. The van der Waals surface area contributed by atoms with Gasteiger partial charge in [0.05, 0.1) is 0 Å². The molecular weight excluding hydrogens is 394 g/mol. The van der Waals surface area contributed by atoms with Gasteiger partial charge in [-0.25, -0.2) is 0 Å². The second kappa shape index (κ2) is 7.41. The molecule has 0 saturated heterocycles. The molecule has 0 aliphatic carbocycles. The van der Waals surface area contributed by atoms with E-state index in [1.807, 2.05) is 63.2 Å². The van der Waals surface area contributed by atoms with Crippen molar-refractivity contribution >= 4 is 21.8 Å². The summed E-state index contributed by atoms with van der Waals surface area (Å²) in [5, 5.41) is 4.03. The molecule has 3 rings (SSSR count). The molecule has 0 unspecified atom stereocenters. The van der Waals surface area contributed by atoms with E-state index in [2.05, 4.69) is 26.1 Å². The zero-order chi connectivity index (χ0) is 18.7. The summed E-state index contributed by atoms with van der Waals surface area (Å²) in [6.45, 7) is 6.20. The Kier molecular flexibility index (Phi) is 5.23. The largest absolute Gasteiger partial charge is 0.337 e. The van der Waals surface area contributed by atoms with Gasteiger partial charge >= 0.3 is 0 Å². The summed E-state index contributed by atoms with van der Waals surface area (Å²) in [6.07, 6.45) is 0. The molecule has 6 heteroatoms. The predicted octanol–water partition coefficient (Wildman–Crippen LogP) is 4.94. The highest BCUT2D eigenvalue weighted by Crippen LogP contribution is 2.22. The van der Waals surface area contributed by atoms with Crippen LogP contribution < -0.4 is 0 Å². The fraction of sp³-hybridized carbons (Fsp3) is 0.250. The van der Waals surface area contributed by atoms with Gasteiger partial charge in [0.2, 0.25) is 11.7 Å². The van der Waals surface area contributed by atoms with E-state index in [0.29, 0.717) is 17.3 Å². The third kappa shape index (κ3) is 4.19. The SMILES string of the molecule is CC(C)(C)N(Cc1nc(-c2ccccc2)no1)C(=O)c1ccc(Br)cc1. The van der Waals surface area contributed by atoms with Crippen LogP contribution in [0.3, 0.4) is 0 Å². The first-order valence-electron chi connectivity index (χ1n) is 8.30. The maximum absolute atomic E-state index is 13.0. The number of halogens is 1. The van der Waals surface area contributed by atoms with Crippen LogP contribution in [0.25, 0.3) is 11.4 Å². The van der Waals surface area contributed by atoms with Crippen LogP contribution in [0.5, 0.6) is 0 Å². The number of aromatic nitrogens is 2. The fourth-order valence-electron chi connectivity index (χ4n) is 2.52. The zero-order valence-electron chi connectivity index (χ0n) is 14.9. The number of benzene rings is 2. The molecule has 0 aliphatic heterocycles. The third-order valence-electron chi connectivity index (χ3n) is 3.94. The molecule has 0 bridgehead atoms. The molecule has 2 aromatic carbocycles. The highest BCUT2D eigenvalue weighted by Gasteiger charge is 2.29. The lowest BCUT2D eigenvalue weighted by atomic mass is 10.0. The molecule has 26 heavy (non-hydrogen) atoms. The van der Waals surface area contributed by atoms with Crippen LogP contribution in [0.1, 0.15) is 37.0 Å². The molecular formula is C20H20BrN3O2. The summed E-state index contributed by atoms with van der Waals surface area (Å²) in [5.74, 6) is 0.847. The van der Waals surface area contributed by atoms with E-state index in [9.17, 15) is 4.79 Å². The van der Waals surface area contributed by atoms with Crippen molar-refractivity contribution in [2.24, 2.45) is 0 Å². The molecule has 3 aromatic rings. The number of amides is 1. The molecule has 1 heterocycles. The molecule has 0 fully saturated rings. The van der Waals surface area contributed by atoms with E-state index >= 15 is 0 Å². The Morgan fingerprint density at radius 2 is 1.73 bits per heavy atom. The molecule has 1 amide bonds. The van der Waals surface area contributed by atoms with Crippen molar-refractivity contribution in [2.45, 2.75) is 32.9 Å². The molecule has 0 saturated carbocycles. The summed E-state index contributed by atoms with van der Waals surface area (Å²) < 4.78 is 6.32. The van der Waals surface area contributed by atoms with Gasteiger partial charge in [-0.2, -0.15) is 4.98 Å². The van der Waals surface area contributed by atoms with Crippen molar-refractivity contribution in [3.63, 3.8) is 0 Å². The number of hydrogen-bond donors (Lipinski definition) is 0. The van der Waals surface area contributed by atoms with Crippen molar-refractivity contribution in [3.05, 3.63) is 70.5 Å². The van der Waals surface area contributed by atoms with Crippen molar-refractivity contribution in [1.29, 1.82) is 0 Å². The van der Waals surface area contributed by atoms with Gasteiger partial charge in [0.15, 0.2) is 0 Å². The highest BCUT2D eigenvalue weighted by molar-refractivity contribution is 9.10. The zero-order valence-corrected chi connectivity index (χ0v) is 16.5. The van der Waals surface area contributed by atoms with E-state index < -0.39 is 5.54 Å². The van der Waals surface area contributed by atoms with Crippen LogP contribution in [-0.2, 0) is 6.54 Å². The molecule has 0 radical (unpaired) electrons. The molecule has 5 nitrogen and oxygen atoms in total. The van der Waals surface area contributed by atoms with Gasteiger partial charge in [0, 0.05) is 21.1 Å². The normalized spacial score (nSPS) is 11.4. The second-order valence-electron chi connectivity index (χ2n) is 6.95. The van der Waals surface area contributed by atoms with Gasteiger partial charge in [0.1, 0.15) is 6.54 Å². The number of hydrogen-bond acceptors (Lipinski definition) is 4. The number of nitrogens with zero attached hydrogens (tertiary/aromatic N) is 3. The summed E-state index contributed by atoms with van der Waals surface area (Å²) >= 11 is 3.39. The van der Waals surface area contributed by atoms with Gasteiger partial charge in [-0.3, -0.25) is 4.79 Å². The first-order chi connectivity index (χ1) is 12.3. The van der Waals surface area contributed by atoms with Crippen molar-refractivity contribution in [2.75, 3.05) is 0 Å². The van der Waals surface area contributed by atoms with Crippen molar-refractivity contribution < 1.29 is 9.32 Å². The Morgan fingerprint density at radius 3 is 2.35 bits per heavy atom. The van der Waals surface area contributed by atoms with E-state index in [-0.39, 0.29) is 12.5 Å². The van der Waals surface area contributed by atoms with Crippen LogP contribution in [0.2, 0.25) is 0 Å².